The van der Waals surface area contributed by atoms with Crippen LogP contribution in [0.1, 0.15) is 26.1 Å². The number of rotatable bonds is 5. The van der Waals surface area contributed by atoms with Crippen LogP contribution in [0.3, 0.4) is 0 Å². The van der Waals surface area contributed by atoms with Gasteiger partial charge in [-0.05, 0) is 12.3 Å². The molecule has 2 heterocycles. The molecule has 0 unspecified atom stereocenters. The predicted molar refractivity (Wildman–Crippen MR) is 71.1 cm³/mol. The summed E-state index contributed by atoms with van der Waals surface area (Å²) in [5, 5.41) is 0. The SMILES string of the molecule is COCc1nc2[nH]c(=O)n(CCC(C)C)c(=O)c2[nH]1. The highest BCUT2D eigenvalue weighted by Gasteiger charge is 2.12. The summed E-state index contributed by atoms with van der Waals surface area (Å²) < 4.78 is 6.15. The zero-order valence-corrected chi connectivity index (χ0v) is 11.3. The van der Waals surface area contributed by atoms with Gasteiger partial charge in [-0.1, -0.05) is 13.8 Å². The molecule has 7 heteroatoms. The Balaban J connectivity index is 2.48. The maximum Gasteiger partial charge on any atom is 0.330 e. The van der Waals surface area contributed by atoms with Crippen molar-refractivity contribution >= 4 is 11.2 Å². The molecule has 7 nitrogen and oxygen atoms in total. The van der Waals surface area contributed by atoms with Crippen molar-refractivity contribution in [2.75, 3.05) is 7.11 Å². The second kappa shape index (κ2) is 5.40. The molecule has 0 spiro atoms. The first-order valence-electron chi connectivity index (χ1n) is 6.23. The highest BCUT2D eigenvalue weighted by atomic mass is 16.5. The number of hydrogen-bond acceptors (Lipinski definition) is 4. The van der Waals surface area contributed by atoms with Crippen molar-refractivity contribution in [2.24, 2.45) is 5.92 Å². The Bertz CT molecular complexity index is 680. The van der Waals surface area contributed by atoms with E-state index in [1.807, 2.05) is 13.8 Å². The zero-order chi connectivity index (χ0) is 14.0. The lowest BCUT2D eigenvalue weighted by Crippen LogP contribution is -2.35. The van der Waals surface area contributed by atoms with Crippen LogP contribution in [0.15, 0.2) is 9.59 Å². The summed E-state index contributed by atoms with van der Waals surface area (Å²) in [5.41, 5.74) is -0.166. The Morgan fingerprint density at radius 1 is 1.32 bits per heavy atom. The quantitative estimate of drug-likeness (QED) is 0.829. The van der Waals surface area contributed by atoms with Crippen LogP contribution in [0, 0.1) is 5.92 Å². The number of nitrogens with one attached hydrogen (secondary N) is 2. The first kappa shape index (κ1) is 13.5. The van der Waals surface area contributed by atoms with Gasteiger partial charge in [-0.3, -0.25) is 14.3 Å². The molecule has 0 saturated heterocycles. The third-order valence-corrected chi connectivity index (χ3v) is 2.89. The second-order valence-corrected chi connectivity index (χ2v) is 4.91. The van der Waals surface area contributed by atoms with E-state index in [1.54, 1.807) is 0 Å². The number of aromatic nitrogens is 4. The van der Waals surface area contributed by atoms with Crippen molar-refractivity contribution in [3.63, 3.8) is 0 Å². The van der Waals surface area contributed by atoms with E-state index < -0.39 is 5.69 Å². The van der Waals surface area contributed by atoms with E-state index in [0.717, 1.165) is 6.42 Å². The molecule has 2 aromatic heterocycles. The highest BCUT2D eigenvalue weighted by molar-refractivity contribution is 5.68. The van der Waals surface area contributed by atoms with Crippen molar-refractivity contribution in [2.45, 2.75) is 33.4 Å². The van der Waals surface area contributed by atoms with Crippen LogP contribution in [-0.4, -0.2) is 26.6 Å². The van der Waals surface area contributed by atoms with E-state index in [0.29, 0.717) is 23.8 Å². The monoisotopic (exact) mass is 266 g/mol. The van der Waals surface area contributed by atoms with Gasteiger partial charge in [-0.25, -0.2) is 9.78 Å². The number of nitrogens with zero attached hydrogens (tertiary/aromatic N) is 2. The van der Waals surface area contributed by atoms with E-state index in [-0.39, 0.29) is 17.8 Å². The number of ether oxygens (including phenoxy) is 1. The number of methoxy groups -OCH3 is 1. The van der Waals surface area contributed by atoms with Gasteiger partial charge in [-0.2, -0.15) is 0 Å². The summed E-state index contributed by atoms with van der Waals surface area (Å²) in [4.78, 5) is 33.7. The molecule has 0 aliphatic carbocycles. The van der Waals surface area contributed by atoms with Crippen molar-refractivity contribution in [3.05, 3.63) is 26.7 Å². The summed E-state index contributed by atoms with van der Waals surface area (Å²) in [5.74, 6) is 0.944. The summed E-state index contributed by atoms with van der Waals surface area (Å²) in [7, 11) is 1.54. The fourth-order valence-corrected chi connectivity index (χ4v) is 1.86. The van der Waals surface area contributed by atoms with Gasteiger partial charge < -0.3 is 9.72 Å². The van der Waals surface area contributed by atoms with Crippen LogP contribution in [-0.2, 0) is 17.9 Å². The number of H-pyrrole nitrogens is 2. The molecule has 19 heavy (non-hydrogen) atoms. The Labute approximate surface area is 109 Å². The average Bonchev–Trinajstić information content (AvgIpc) is 2.71. The predicted octanol–water partition coefficient (Wildman–Crippen LogP) is 0.605. The van der Waals surface area contributed by atoms with E-state index in [1.165, 1.54) is 11.7 Å². The smallest absolute Gasteiger partial charge is 0.330 e. The zero-order valence-electron chi connectivity index (χ0n) is 11.3. The topological polar surface area (TPSA) is 92.8 Å². The van der Waals surface area contributed by atoms with Crippen molar-refractivity contribution in [1.29, 1.82) is 0 Å². The molecule has 0 amide bonds. The van der Waals surface area contributed by atoms with E-state index >= 15 is 0 Å². The van der Waals surface area contributed by atoms with Crippen LogP contribution >= 0.6 is 0 Å². The molecule has 0 bridgehead atoms. The molecule has 0 atom stereocenters. The number of imidazole rings is 1. The maximum atomic E-state index is 12.2. The molecule has 2 aromatic rings. The molecule has 0 aromatic carbocycles. The molecule has 0 aliphatic rings. The van der Waals surface area contributed by atoms with Crippen molar-refractivity contribution < 1.29 is 4.74 Å². The first-order valence-corrected chi connectivity index (χ1v) is 6.23. The van der Waals surface area contributed by atoms with Crippen LogP contribution in [0.2, 0.25) is 0 Å². The maximum absolute atomic E-state index is 12.2. The van der Waals surface area contributed by atoms with Gasteiger partial charge in [0.2, 0.25) is 0 Å². The second-order valence-electron chi connectivity index (χ2n) is 4.91. The van der Waals surface area contributed by atoms with Crippen LogP contribution in [0.5, 0.6) is 0 Å². The van der Waals surface area contributed by atoms with Gasteiger partial charge in [0.05, 0.1) is 0 Å². The Kier molecular flexibility index (Phi) is 3.84. The summed E-state index contributed by atoms with van der Waals surface area (Å²) >= 11 is 0. The highest BCUT2D eigenvalue weighted by Crippen LogP contribution is 2.04. The largest absolute Gasteiger partial charge is 0.377 e. The molecule has 0 radical (unpaired) electrons. The molecule has 2 N–H and O–H groups in total. The number of hydrogen-bond donors (Lipinski definition) is 2. The molecule has 2 rings (SSSR count). The molecule has 0 saturated carbocycles. The van der Waals surface area contributed by atoms with Gasteiger partial charge in [0.1, 0.15) is 17.9 Å². The van der Waals surface area contributed by atoms with E-state index in [4.69, 9.17) is 4.74 Å². The van der Waals surface area contributed by atoms with Crippen molar-refractivity contribution in [1.82, 2.24) is 19.5 Å². The summed E-state index contributed by atoms with van der Waals surface area (Å²) in [6, 6.07) is 0. The van der Waals surface area contributed by atoms with Crippen molar-refractivity contribution in [3.8, 4) is 0 Å². The van der Waals surface area contributed by atoms with Gasteiger partial charge in [-0.15, -0.1) is 0 Å². The Morgan fingerprint density at radius 3 is 2.68 bits per heavy atom. The van der Waals surface area contributed by atoms with Crippen LogP contribution in [0.25, 0.3) is 11.2 Å². The lowest BCUT2D eigenvalue weighted by molar-refractivity contribution is 0.179. The fraction of sp³-hybridized carbons (Fsp3) is 0.583. The standard InChI is InChI=1S/C12H18N4O3/c1-7(2)4-5-16-11(17)9-10(15-12(16)18)14-8(13-9)6-19-3/h7H,4-6H2,1-3H3,(H,13,14)(H,15,18). The number of aromatic amines is 2. The fourth-order valence-electron chi connectivity index (χ4n) is 1.86. The summed E-state index contributed by atoms with van der Waals surface area (Å²) in [6.07, 6.45) is 0.771. The first-order chi connectivity index (χ1) is 9.02. The Hall–Kier alpha value is -1.89. The van der Waals surface area contributed by atoms with Gasteiger partial charge in [0.15, 0.2) is 5.65 Å². The van der Waals surface area contributed by atoms with E-state index in [2.05, 4.69) is 15.0 Å². The minimum atomic E-state index is -0.423. The van der Waals surface area contributed by atoms with Gasteiger partial charge in [0.25, 0.3) is 5.56 Å². The minimum Gasteiger partial charge on any atom is -0.377 e. The summed E-state index contributed by atoms with van der Waals surface area (Å²) in [6.45, 7) is 4.76. The van der Waals surface area contributed by atoms with E-state index in [9.17, 15) is 9.59 Å². The molecule has 104 valence electrons. The van der Waals surface area contributed by atoms with Gasteiger partial charge >= 0.3 is 5.69 Å². The third-order valence-electron chi connectivity index (χ3n) is 2.89. The molecule has 0 fully saturated rings. The molecular weight excluding hydrogens is 248 g/mol. The van der Waals surface area contributed by atoms with Gasteiger partial charge in [0, 0.05) is 13.7 Å². The lowest BCUT2D eigenvalue weighted by atomic mass is 10.1. The van der Waals surface area contributed by atoms with Crippen LogP contribution < -0.4 is 11.2 Å². The normalized spacial score (nSPS) is 11.6. The molecular formula is C12H18N4O3. The Morgan fingerprint density at radius 2 is 2.05 bits per heavy atom. The minimum absolute atomic E-state index is 0.266. The third kappa shape index (κ3) is 2.76. The number of fused-ring (bicyclic) bond motifs is 1. The average molecular weight is 266 g/mol. The lowest BCUT2D eigenvalue weighted by Gasteiger charge is -2.06. The van der Waals surface area contributed by atoms with Crippen LogP contribution in [0.4, 0.5) is 0 Å². The molecule has 0 aliphatic heterocycles.